The number of ether oxygens (including phenoxy) is 1. The Morgan fingerprint density at radius 1 is 1.06 bits per heavy atom. The van der Waals surface area contributed by atoms with Gasteiger partial charge in [0, 0.05) is 30.9 Å². The van der Waals surface area contributed by atoms with Crippen molar-refractivity contribution in [2.75, 3.05) is 32.1 Å². The molecule has 4 rings (SSSR count). The normalized spacial score (nSPS) is 17.5. The number of methoxy groups -OCH3 is 1. The fourth-order valence-electron chi connectivity index (χ4n) is 5.09. The number of hydrogen-bond donors (Lipinski definition) is 2. The summed E-state index contributed by atoms with van der Waals surface area (Å²) in [7, 11) is 1.51. The van der Waals surface area contributed by atoms with Crippen LogP contribution in [0.5, 0.6) is 5.75 Å². The highest BCUT2D eigenvalue weighted by Gasteiger charge is 2.40. The second-order valence-electron chi connectivity index (χ2n) is 9.62. The molecule has 0 unspecified atom stereocenters. The Morgan fingerprint density at radius 2 is 1.69 bits per heavy atom. The van der Waals surface area contributed by atoms with Crippen LogP contribution in [0.1, 0.15) is 49.4 Å². The fourth-order valence-corrected chi connectivity index (χ4v) is 5.09. The lowest BCUT2D eigenvalue weighted by Crippen LogP contribution is -2.44. The lowest BCUT2D eigenvalue weighted by atomic mass is 9.82. The number of carboxylic acid groups (broad SMARTS) is 1. The van der Waals surface area contributed by atoms with Crippen molar-refractivity contribution >= 4 is 23.6 Å². The van der Waals surface area contributed by atoms with Crippen LogP contribution >= 0.6 is 0 Å². The van der Waals surface area contributed by atoms with Gasteiger partial charge in [0.1, 0.15) is 23.4 Å². The fraction of sp³-hybridized carbons (Fsp3) is 0.423. The zero-order chi connectivity index (χ0) is 26.2. The van der Waals surface area contributed by atoms with Gasteiger partial charge in [-0.15, -0.1) is 0 Å². The van der Waals surface area contributed by atoms with Crippen molar-refractivity contribution in [1.29, 1.82) is 0 Å². The number of nitrogens with one attached hydrogen (secondary N) is 1. The van der Waals surface area contributed by atoms with E-state index in [1.54, 1.807) is 23.1 Å². The maximum absolute atomic E-state index is 15.2. The smallest absolute Gasteiger partial charge is 0.408 e. The van der Waals surface area contributed by atoms with Crippen molar-refractivity contribution in [2.45, 2.75) is 44.6 Å². The van der Waals surface area contributed by atoms with Gasteiger partial charge in [-0.3, -0.25) is 14.5 Å². The Morgan fingerprint density at radius 3 is 2.28 bits per heavy atom. The van der Waals surface area contributed by atoms with Crippen molar-refractivity contribution in [1.82, 2.24) is 9.80 Å². The molecular formula is C26H29F2N3O5. The molecule has 2 aromatic rings. The Bertz CT molecular complexity index is 1190. The van der Waals surface area contributed by atoms with Crippen LogP contribution in [0.15, 0.2) is 30.3 Å². The van der Waals surface area contributed by atoms with Gasteiger partial charge in [-0.05, 0) is 68.5 Å². The van der Waals surface area contributed by atoms with E-state index in [1.165, 1.54) is 21.0 Å². The summed E-state index contributed by atoms with van der Waals surface area (Å²) in [5.41, 5.74) is -0.768. The second-order valence-corrected chi connectivity index (χ2v) is 9.62. The van der Waals surface area contributed by atoms with E-state index < -0.39 is 35.1 Å². The zero-order valence-electron chi connectivity index (χ0n) is 20.4. The van der Waals surface area contributed by atoms with Crippen molar-refractivity contribution in [2.24, 2.45) is 0 Å². The molecule has 2 N–H and O–H groups in total. The van der Waals surface area contributed by atoms with E-state index in [4.69, 9.17) is 4.74 Å². The minimum Gasteiger partial charge on any atom is -0.497 e. The summed E-state index contributed by atoms with van der Waals surface area (Å²) in [5, 5.41) is 12.1. The molecule has 0 aromatic heterocycles. The first-order valence-corrected chi connectivity index (χ1v) is 11.8. The standard InChI is InChI=1S/C26H29F2N3O5/c1-26(2,24(33)30-9-4-5-10-30)21-19(27)13-16(14-20(21)28)29-23(32)22-18-7-6-17(36-3)12-15(18)8-11-31(22)25(34)35/h6-7,12-14,22H,4-5,8-11H2,1-3H3,(H,29,32)(H,34,35)/t22-/m1/s1. The Kier molecular flexibility index (Phi) is 6.88. The van der Waals surface area contributed by atoms with E-state index in [0.717, 1.165) is 35.4 Å². The van der Waals surface area contributed by atoms with Gasteiger partial charge in [-0.1, -0.05) is 6.07 Å². The third kappa shape index (κ3) is 4.59. The molecule has 0 aliphatic carbocycles. The van der Waals surface area contributed by atoms with Crippen LogP contribution < -0.4 is 10.1 Å². The molecule has 2 aliphatic heterocycles. The van der Waals surface area contributed by atoms with Gasteiger partial charge < -0.3 is 20.1 Å². The van der Waals surface area contributed by atoms with Crippen LogP contribution in [-0.2, 0) is 21.4 Å². The lowest BCUT2D eigenvalue weighted by molar-refractivity contribution is -0.135. The predicted octanol–water partition coefficient (Wildman–Crippen LogP) is 4.09. The predicted molar refractivity (Wildman–Crippen MR) is 128 cm³/mol. The summed E-state index contributed by atoms with van der Waals surface area (Å²) in [4.78, 5) is 40.6. The number of halogens is 2. The highest BCUT2D eigenvalue weighted by atomic mass is 19.1. The molecule has 10 heteroatoms. The minimum absolute atomic E-state index is 0.0715. The molecule has 1 fully saturated rings. The van der Waals surface area contributed by atoms with Crippen LogP contribution in [0.25, 0.3) is 0 Å². The van der Waals surface area contributed by atoms with Gasteiger partial charge in [-0.2, -0.15) is 0 Å². The van der Waals surface area contributed by atoms with Crippen LogP contribution in [0.4, 0.5) is 19.3 Å². The third-order valence-corrected chi connectivity index (χ3v) is 6.94. The molecule has 0 bridgehead atoms. The van der Waals surface area contributed by atoms with Gasteiger partial charge >= 0.3 is 6.09 Å². The number of anilines is 1. The summed E-state index contributed by atoms with van der Waals surface area (Å²) in [6, 6.07) is 5.68. The van der Waals surface area contributed by atoms with E-state index in [9.17, 15) is 19.5 Å². The third-order valence-electron chi connectivity index (χ3n) is 6.94. The zero-order valence-corrected chi connectivity index (χ0v) is 20.4. The monoisotopic (exact) mass is 501 g/mol. The summed E-state index contributed by atoms with van der Waals surface area (Å²) in [6.45, 7) is 4.13. The lowest BCUT2D eigenvalue weighted by Gasteiger charge is -2.34. The maximum atomic E-state index is 15.2. The van der Waals surface area contributed by atoms with Crippen molar-refractivity contribution < 1.29 is 33.0 Å². The van der Waals surface area contributed by atoms with Crippen molar-refractivity contribution in [3.63, 3.8) is 0 Å². The largest absolute Gasteiger partial charge is 0.497 e. The number of carbonyl (C=O) groups is 3. The number of likely N-dealkylation sites (tertiary alicyclic amines) is 1. The summed E-state index contributed by atoms with van der Waals surface area (Å²) >= 11 is 0. The van der Waals surface area contributed by atoms with Gasteiger partial charge in [0.25, 0.3) is 5.91 Å². The Hall–Kier alpha value is -3.69. The van der Waals surface area contributed by atoms with Gasteiger partial charge in [0.15, 0.2) is 0 Å². The molecule has 192 valence electrons. The number of amides is 3. The topological polar surface area (TPSA) is 99.2 Å². The van der Waals surface area contributed by atoms with E-state index >= 15 is 8.78 Å². The molecule has 0 spiro atoms. The molecule has 1 atom stereocenters. The van der Waals surface area contributed by atoms with Crippen LogP contribution in [0.2, 0.25) is 0 Å². The van der Waals surface area contributed by atoms with Gasteiger partial charge in [0.05, 0.1) is 12.5 Å². The molecule has 2 aliphatic rings. The number of fused-ring (bicyclic) bond motifs is 1. The van der Waals surface area contributed by atoms with E-state index in [0.29, 0.717) is 30.8 Å². The van der Waals surface area contributed by atoms with Crippen molar-refractivity contribution in [3.05, 3.63) is 58.7 Å². The average molecular weight is 502 g/mol. The highest BCUT2D eigenvalue weighted by molar-refractivity contribution is 5.98. The highest BCUT2D eigenvalue weighted by Crippen LogP contribution is 2.36. The minimum atomic E-state index is -1.44. The number of hydrogen-bond acceptors (Lipinski definition) is 4. The molecular weight excluding hydrogens is 472 g/mol. The average Bonchev–Trinajstić information content (AvgIpc) is 3.36. The number of carbonyl (C=O) groups excluding carboxylic acids is 2. The van der Waals surface area contributed by atoms with E-state index in [2.05, 4.69) is 5.32 Å². The van der Waals surface area contributed by atoms with E-state index in [1.807, 2.05) is 0 Å². The first kappa shape index (κ1) is 25.4. The van der Waals surface area contributed by atoms with Crippen LogP contribution in [0, 0.1) is 11.6 Å². The molecule has 3 amide bonds. The van der Waals surface area contributed by atoms with Crippen molar-refractivity contribution in [3.8, 4) is 5.75 Å². The maximum Gasteiger partial charge on any atom is 0.408 e. The molecule has 8 nitrogen and oxygen atoms in total. The molecule has 36 heavy (non-hydrogen) atoms. The number of rotatable bonds is 5. The summed E-state index contributed by atoms with van der Waals surface area (Å²) in [5.74, 6) is -2.47. The van der Waals surface area contributed by atoms with Crippen LogP contribution in [0.3, 0.4) is 0 Å². The number of benzene rings is 2. The Balaban J connectivity index is 1.63. The van der Waals surface area contributed by atoms with E-state index in [-0.39, 0.29) is 23.7 Å². The molecule has 0 saturated carbocycles. The second kappa shape index (κ2) is 9.75. The Labute approximate surface area is 207 Å². The molecule has 2 aromatic carbocycles. The summed E-state index contributed by atoms with van der Waals surface area (Å²) < 4.78 is 35.6. The quantitative estimate of drug-likeness (QED) is 0.643. The molecule has 2 heterocycles. The molecule has 0 radical (unpaired) electrons. The van der Waals surface area contributed by atoms with Crippen LogP contribution in [-0.4, -0.2) is 59.6 Å². The number of nitrogens with zero attached hydrogens (tertiary/aromatic N) is 2. The van der Waals surface area contributed by atoms with Gasteiger partial charge in [0.2, 0.25) is 5.91 Å². The SMILES string of the molecule is COc1ccc2c(c1)CCN(C(=O)O)[C@H]2C(=O)Nc1cc(F)c(C(C)(C)C(=O)N2CCCC2)c(F)c1. The first-order valence-electron chi connectivity index (χ1n) is 11.8. The molecule has 1 saturated heterocycles. The summed E-state index contributed by atoms with van der Waals surface area (Å²) in [6.07, 6.45) is 0.803. The first-order chi connectivity index (χ1) is 17.0. The van der Waals surface area contributed by atoms with Gasteiger partial charge in [-0.25, -0.2) is 13.6 Å².